The summed E-state index contributed by atoms with van der Waals surface area (Å²) >= 11 is 0. The van der Waals surface area contributed by atoms with Crippen LogP contribution in [0.4, 0.5) is 19.0 Å². The number of hydrogen-bond donors (Lipinski definition) is 0. The molecule has 2 aliphatic rings. The van der Waals surface area contributed by atoms with Gasteiger partial charge in [-0.05, 0) is 0 Å². The van der Waals surface area contributed by atoms with E-state index in [1.54, 1.807) is 9.80 Å². The number of hydrogen-bond acceptors (Lipinski definition) is 5. The molecular formula is C13H15F3N4O2. The maximum absolute atomic E-state index is 12.6. The molecule has 1 aromatic heterocycles. The first-order chi connectivity index (χ1) is 10.4. The fraction of sp³-hybridized carbons (Fsp3) is 0.615. The number of ether oxygens (including phenoxy) is 1. The van der Waals surface area contributed by atoms with E-state index in [9.17, 15) is 18.0 Å². The lowest BCUT2D eigenvalue weighted by molar-refractivity contribution is -0.142. The average Bonchev–Trinajstić information content (AvgIpc) is 2.46. The summed E-state index contributed by atoms with van der Waals surface area (Å²) in [7, 11) is 0. The lowest BCUT2D eigenvalue weighted by atomic mass is 9.98. The van der Waals surface area contributed by atoms with Gasteiger partial charge < -0.3 is 14.5 Å². The zero-order valence-electron chi connectivity index (χ0n) is 11.7. The van der Waals surface area contributed by atoms with Crippen LogP contribution in [-0.4, -0.2) is 60.2 Å². The fourth-order valence-corrected chi connectivity index (χ4v) is 2.54. The first-order valence-electron chi connectivity index (χ1n) is 6.96. The Morgan fingerprint density at radius 3 is 2.55 bits per heavy atom. The molecule has 1 amide bonds. The molecule has 2 saturated heterocycles. The summed E-state index contributed by atoms with van der Waals surface area (Å²) in [4.78, 5) is 22.7. The van der Waals surface area contributed by atoms with Crippen LogP contribution < -0.4 is 4.90 Å². The Hall–Kier alpha value is -1.90. The van der Waals surface area contributed by atoms with Crippen LogP contribution >= 0.6 is 0 Å². The van der Waals surface area contributed by atoms with Gasteiger partial charge in [0, 0.05) is 32.2 Å². The van der Waals surface area contributed by atoms with Crippen LogP contribution in [0.25, 0.3) is 0 Å². The summed E-state index contributed by atoms with van der Waals surface area (Å²) in [6.07, 6.45) is -3.60. The third-order valence-electron chi connectivity index (χ3n) is 3.82. The summed E-state index contributed by atoms with van der Waals surface area (Å²) < 4.78 is 43.0. The van der Waals surface area contributed by atoms with Crippen molar-refractivity contribution >= 4 is 11.7 Å². The molecule has 0 aliphatic carbocycles. The summed E-state index contributed by atoms with van der Waals surface area (Å²) in [5.74, 6) is 0.0420. The second kappa shape index (κ2) is 5.71. The largest absolute Gasteiger partial charge is 0.433 e. The molecule has 2 aliphatic heterocycles. The zero-order valence-corrected chi connectivity index (χ0v) is 11.7. The van der Waals surface area contributed by atoms with Gasteiger partial charge in [-0.1, -0.05) is 0 Å². The molecule has 120 valence electrons. The number of aromatic nitrogens is 2. The first kappa shape index (κ1) is 15.0. The van der Waals surface area contributed by atoms with Gasteiger partial charge in [-0.3, -0.25) is 4.79 Å². The molecule has 22 heavy (non-hydrogen) atoms. The van der Waals surface area contributed by atoms with Gasteiger partial charge in [-0.15, -0.1) is 0 Å². The van der Waals surface area contributed by atoms with E-state index in [1.807, 2.05) is 0 Å². The molecule has 3 rings (SSSR count). The second-order valence-electron chi connectivity index (χ2n) is 5.30. The third-order valence-corrected chi connectivity index (χ3v) is 3.82. The minimum Gasteiger partial charge on any atom is -0.378 e. The van der Waals surface area contributed by atoms with E-state index in [0.29, 0.717) is 39.4 Å². The summed E-state index contributed by atoms with van der Waals surface area (Å²) in [6, 6.07) is 0.912. The van der Waals surface area contributed by atoms with Gasteiger partial charge >= 0.3 is 6.18 Å². The topological polar surface area (TPSA) is 58.6 Å². The molecule has 0 spiro atoms. The predicted octanol–water partition coefficient (Wildman–Crippen LogP) is 0.790. The third kappa shape index (κ3) is 2.99. The van der Waals surface area contributed by atoms with Gasteiger partial charge in [0.05, 0.1) is 19.1 Å². The minimum atomic E-state index is -4.49. The molecule has 9 heteroatoms. The molecule has 3 heterocycles. The Kier molecular flexibility index (Phi) is 3.90. The molecule has 1 aromatic rings. The highest BCUT2D eigenvalue weighted by molar-refractivity contribution is 5.82. The molecule has 0 unspecified atom stereocenters. The van der Waals surface area contributed by atoms with Crippen molar-refractivity contribution in [1.82, 2.24) is 14.9 Å². The number of halogens is 3. The number of rotatable bonds is 2. The minimum absolute atomic E-state index is 0.0321. The van der Waals surface area contributed by atoms with Crippen molar-refractivity contribution in [3.63, 3.8) is 0 Å². The fourth-order valence-electron chi connectivity index (χ4n) is 2.54. The number of nitrogens with zero attached hydrogens (tertiary/aromatic N) is 4. The van der Waals surface area contributed by atoms with Crippen LogP contribution in [0.1, 0.15) is 5.69 Å². The van der Waals surface area contributed by atoms with Crippen molar-refractivity contribution in [3.8, 4) is 0 Å². The van der Waals surface area contributed by atoms with Crippen LogP contribution in [0.15, 0.2) is 12.4 Å². The number of morpholine rings is 1. The monoisotopic (exact) mass is 316 g/mol. The normalized spacial score (nSPS) is 20.0. The highest BCUT2D eigenvalue weighted by Gasteiger charge is 2.38. The highest BCUT2D eigenvalue weighted by Crippen LogP contribution is 2.31. The maximum atomic E-state index is 12.6. The first-order valence-corrected chi connectivity index (χ1v) is 6.96. The molecule has 0 atom stereocenters. The van der Waals surface area contributed by atoms with Crippen LogP contribution in [0.5, 0.6) is 0 Å². The van der Waals surface area contributed by atoms with Gasteiger partial charge in [-0.25, -0.2) is 9.97 Å². The second-order valence-corrected chi connectivity index (χ2v) is 5.30. The van der Waals surface area contributed by atoms with Crippen molar-refractivity contribution in [3.05, 3.63) is 18.1 Å². The SMILES string of the molecule is O=C(C1CN(c2cc(C(F)(F)F)ncn2)C1)N1CCOCC1. The molecular weight excluding hydrogens is 301 g/mol. The Bertz CT molecular complexity index is 554. The van der Waals surface area contributed by atoms with E-state index in [0.717, 1.165) is 12.4 Å². The zero-order chi connectivity index (χ0) is 15.7. The van der Waals surface area contributed by atoms with E-state index < -0.39 is 11.9 Å². The quantitative estimate of drug-likeness (QED) is 0.807. The summed E-state index contributed by atoms with van der Waals surface area (Å²) in [5.41, 5.74) is -0.972. The lowest BCUT2D eigenvalue weighted by Gasteiger charge is -2.42. The molecule has 0 aromatic carbocycles. The molecule has 0 N–H and O–H groups in total. The number of anilines is 1. The Labute approximate surface area is 124 Å². The molecule has 0 radical (unpaired) electrons. The standard InChI is InChI=1S/C13H15F3N4O2/c14-13(15,16)10-5-11(18-8-17-10)20-6-9(7-20)12(21)19-1-3-22-4-2-19/h5,8-9H,1-4,6-7H2. The van der Waals surface area contributed by atoms with E-state index >= 15 is 0 Å². The Balaban J connectivity index is 1.60. The van der Waals surface area contributed by atoms with Crippen molar-refractivity contribution in [2.45, 2.75) is 6.18 Å². The Morgan fingerprint density at radius 2 is 1.91 bits per heavy atom. The van der Waals surface area contributed by atoms with Crippen LogP contribution in [-0.2, 0) is 15.7 Å². The summed E-state index contributed by atoms with van der Waals surface area (Å²) in [5, 5.41) is 0. The molecule has 6 nitrogen and oxygen atoms in total. The average molecular weight is 316 g/mol. The van der Waals surface area contributed by atoms with E-state index in [1.165, 1.54) is 0 Å². The number of carbonyl (C=O) groups is 1. The van der Waals surface area contributed by atoms with Crippen molar-refractivity contribution in [2.75, 3.05) is 44.3 Å². The number of carbonyl (C=O) groups excluding carboxylic acids is 1. The molecule has 0 saturated carbocycles. The van der Waals surface area contributed by atoms with Gasteiger partial charge in [0.25, 0.3) is 0 Å². The van der Waals surface area contributed by atoms with Crippen LogP contribution in [0.2, 0.25) is 0 Å². The number of amides is 1. The van der Waals surface area contributed by atoms with Gasteiger partial charge in [-0.2, -0.15) is 13.2 Å². The van der Waals surface area contributed by atoms with Crippen molar-refractivity contribution in [2.24, 2.45) is 5.92 Å². The van der Waals surface area contributed by atoms with E-state index in [2.05, 4.69) is 9.97 Å². The van der Waals surface area contributed by atoms with E-state index in [-0.39, 0.29) is 17.6 Å². The smallest absolute Gasteiger partial charge is 0.378 e. The van der Waals surface area contributed by atoms with Crippen LogP contribution in [0.3, 0.4) is 0 Å². The maximum Gasteiger partial charge on any atom is 0.433 e. The molecule has 0 bridgehead atoms. The van der Waals surface area contributed by atoms with Crippen molar-refractivity contribution in [1.29, 1.82) is 0 Å². The predicted molar refractivity (Wildman–Crippen MR) is 70.1 cm³/mol. The van der Waals surface area contributed by atoms with E-state index in [4.69, 9.17) is 4.74 Å². The highest BCUT2D eigenvalue weighted by atomic mass is 19.4. The summed E-state index contributed by atoms with van der Waals surface area (Å²) in [6.45, 7) is 2.96. The van der Waals surface area contributed by atoms with Gasteiger partial charge in [0.1, 0.15) is 17.8 Å². The van der Waals surface area contributed by atoms with Gasteiger partial charge in [0.2, 0.25) is 5.91 Å². The van der Waals surface area contributed by atoms with Gasteiger partial charge in [0.15, 0.2) is 0 Å². The van der Waals surface area contributed by atoms with Crippen molar-refractivity contribution < 1.29 is 22.7 Å². The number of alkyl halides is 3. The molecule has 2 fully saturated rings. The van der Waals surface area contributed by atoms with Crippen LogP contribution in [0, 0.1) is 5.92 Å². The lowest BCUT2D eigenvalue weighted by Crippen LogP contribution is -2.56. The Morgan fingerprint density at radius 1 is 1.23 bits per heavy atom.